The fourth-order valence-corrected chi connectivity index (χ4v) is 7.91. The van der Waals surface area contributed by atoms with Gasteiger partial charge >= 0.3 is 0 Å². The van der Waals surface area contributed by atoms with Gasteiger partial charge in [-0.15, -0.1) is 0 Å². The lowest BCUT2D eigenvalue weighted by molar-refractivity contribution is -0.135. The third kappa shape index (κ3) is 13.5. The Morgan fingerprint density at radius 1 is 0.720 bits per heavy atom. The average molecular weight is 370 g/mol. The number of unbranched alkanes of at least 4 members (excludes halogenated alkanes) is 9. The van der Waals surface area contributed by atoms with Gasteiger partial charge in [0.1, 0.15) is 0 Å². The summed E-state index contributed by atoms with van der Waals surface area (Å²) in [6, 6.07) is 3.57. The maximum atomic E-state index is 12.3. The molecule has 0 atom stereocenters. The van der Waals surface area contributed by atoms with Crippen molar-refractivity contribution in [1.82, 2.24) is 0 Å². The Kier molecular flexibility index (Phi) is 16.9. The topological polar surface area (TPSA) is 26.3 Å². The Morgan fingerprint density at radius 2 is 1.12 bits per heavy atom. The van der Waals surface area contributed by atoms with Gasteiger partial charge in [0.15, 0.2) is 0 Å². The lowest BCUT2D eigenvalue weighted by Crippen LogP contribution is -2.40. The molecule has 0 aromatic rings. The molecule has 149 valence electrons. The summed E-state index contributed by atoms with van der Waals surface area (Å²) >= 11 is 0. The summed E-state index contributed by atoms with van der Waals surface area (Å²) in [7, 11) is -1.92. The number of carbonyl (C=O) groups excluding carboxylic acids is 1. The molecule has 0 aromatic carbocycles. The van der Waals surface area contributed by atoms with Crippen LogP contribution in [0.3, 0.4) is 0 Å². The number of hydrogen-bond acceptors (Lipinski definition) is 2. The Balaban J connectivity index is 4.82. The fraction of sp³-hybridized carbons (Fsp3) is 0.909. The van der Waals surface area contributed by atoms with E-state index in [0.29, 0.717) is 12.8 Å². The molecule has 1 radical (unpaired) electrons. The van der Waals surface area contributed by atoms with Crippen molar-refractivity contribution in [2.24, 2.45) is 0 Å². The van der Waals surface area contributed by atoms with Gasteiger partial charge in [-0.1, -0.05) is 105 Å². The molecular weight excluding hydrogens is 324 g/mol. The van der Waals surface area contributed by atoms with Crippen LogP contribution in [0.2, 0.25) is 18.1 Å². The monoisotopic (exact) mass is 369 g/mol. The van der Waals surface area contributed by atoms with E-state index in [-0.39, 0.29) is 5.97 Å². The highest BCUT2D eigenvalue weighted by atomic mass is 28.4. The van der Waals surface area contributed by atoms with Gasteiger partial charge in [0.2, 0.25) is 0 Å². The highest BCUT2D eigenvalue weighted by Crippen LogP contribution is 2.31. The summed E-state index contributed by atoms with van der Waals surface area (Å²) in [5.74, 6) is 0.0307. The maximum Gasteiger partial charge on any atom is 0.292 e. The van der Waals surface area contributed by atoms with Crippen LogP contribution in [0.5, 0.6) is 0 Å². The van der Waals surface area contributed by atoms with Gasteiger partial charge < -0.3 is 4.43 Å². The predicted molar refractivity (Wildman–Crippen MR) is 113 cm³/mol. The van der Waals surface area contributed by atoms with Gasteiger partial charge in [0, 0.05) is 6.42 Å². The van der Waals surface area contributed by atoms with E-state index in [4.69, 9.17) is 4.43 Å². The molecule has 0 aromatic heterocycles. The highest BCUT2D eigenvalue weighted by Gasteiger charge is 2.36. The van der Waals surface area contributed by atoms with E-state index in [1.807, 2.05) is 0 Å². The van der Waals surface area contributed by atoms with Gasteiger partial charge in [0.25, 0.3) is 14.3 Å². The number of rotatable bonds is 18. The second-order valence-corrected chi connectivity index (χ2v) is 11.8. The van der Waals surface area contributed by atoms with Crippen molar-refractivity contribution >= 4 is 14.3 Å². The van der Waals surface area contributed by atoms with Gasteiger partial charge in [-0.05, 0) is 24.6 Å². The molecule has 0 N–H and O–H groups in total. The summed E-state index contributed by atoms with van der Waals surface area (Å²) in [5.41, 5.74) is 0. The first-order chi connectivity index (χ1) is 12.1. The summed E-state index contributed by atoms with van der Waals surface area (Å²) < 4.78 is 6.28. The van der Waals surface area contributed by atoms with E-state index in [2.05, 4.69) is 27.7 Å². The zero-order valence-corrected chi connectivity index (χ0v) is 18.5. The van der Waals surface area contributed by atoms with Crippen LogP contribution in [0.15, 0.2) is 0 Å². The zero-order chi connectivity index (χ0) is 18.8. The minimum atomic E-state index is -1.92. The molecule has 0 aliphatic heterocycles. The second kappa shape index (κ2) is 17.1. The summed E-state index contributed by atoms with van der Waals surface area (Å²) in [5, 5.41) is 0. The number of carbonyl (C=O) groups is 1. The van der Waals surface area contributed by atoms with Gasteiger partial charge in [-0.2, -0.15) is 0 Å². The van der Waals surface area contributed by atoms with E-state index < -0.39 is 8.32 Å². The molecule has 0 saturated carbocycles. The highest BCUT2D eigenvalue weighted by molar-refractivity contribution is 6.75. The smallest absolute Gasteiger partial charge is 0.292 e. The molecule has 0 bridgehead atoms. The minimum absolute atomic E-state index is 0.0307. The molecule has 0 spiro atoms. The lowest BCUT2D eigenvalue weighted by atomic mass is 10.2. The van der Waals surface area contributed by atoms with Crippen molar-refractivity contribution < 1.29 is 9.22 Å². The van der Waals surface area contributed by atoms with Gasteiger partial charge in [0.05, 0.1) is 0 Å². The third-order valence-corrected chi connectivity index (χ3v) is 9.62. The lowest BCUT2D eigenvalue weighted by Gasteiger charge is -2.32. The minimum Gasteiger partial charge on any atom is -0.519 e. The van der Waals surface area contributed by atoms with Crippen molar-refractivity contribution in [2.45, 2.75) is 129 Å². The molecule has 0 saturated heterocycles. The van der Waals surface area contributed by atoms with Crippen LogP contribution in [0.25, 0.3) is 0 Å². The van der Waals surface area contributed by atoms with Crippen LogP contribution in [0.4, 0.5) is 0 Å². The Labute approximate surface area is 159 Å². The molecule has 0 amide bonds. The molecule has 2 nitrogen and oxygen atoms in total. The summed E-state index contributed by atoms with van der Waals surface area (Å²) in [6.07, 6.45) is 16.5. The van der Waals surface area contributed by atoms with E-state index >= 15 is 0 Å². The van der Waals surface area contributed by atoms with Crippen molar-refractivity contribution in [1.29, 1.82) is 0 Å². The number of hydrogen-bond donors (Lipinski definition) is 0. The van der Waals surface area contributed by atoms with Crippen LogP contribution in [-0.2, 0) is 9.22 Å². The SMILES string of the molecule is [CH2]CCC(=O)O[Si](CCCCCC)(CCCCCC)CCCCCC. The van der Waals surface area contributed by atoms with Crippen molar-refractivity contribution in [3.05, 3.63) is 6.92 Å². The largest absolute Gasteiger partial charge is 0.519 e. The first kappa shape index (κ1) is 24.7. The molecule has 0 rings (SSSR count). The van der Waals surface area contributed by atoms with Crippen LogP contribution >= 0.6 is 0 Å². The summed E-state index contributed by atoms with van der Waals surface area (Å²) in [6.45, 7) is 10.6. The van der Waals surface area contributed by atoms with Crippen molar-refractivity contribution in [3.8, 4) is 0 Å². The normalized spacial score (nSPS) is 11.7. The van der Waals surface area contributed by atoms with E-state index in [1.54, 1.807) is 0 Å². The quantitative estimate of drug-likeness (QED) is 0.182. The average Bonchev–Trinajstić information content (AvgIpc) is 2.60. The Morgan fingerprint density at radius 3 is 1.44 bits per heavy atom. The first-order valence-electron chi connectivity index (χ1n) is 11.1. The van der Waals surface area contributed by atoms with E-state index in [0.717, 1.165) is 0 Å². The molecular formula is C22H45O2Si. The van der Waals surface area contributed by atoms with Crippen LogP contribution in [0.1, 0.15) is 111 Å². The Bertz CT molecular complexity index is 273. The molecule has 0 fully saturated rings. The van der Waals surface area contributed by atoms with Crippen molar-refractivity contribution in [2.75, 3.05) is 0 Å². The molecule has 0 heterocycles. The first-order valence-corrected chi connectivity index (χ1v) is 13.7. The van der Waals surface area contributed by atoms with Crippen LogP contribution in [-0.4, -0.2) is 14.3 Å². The fourth-order valence-electron chi connectivity index (χ4n) is 3.59. The molecule has 0 unspecified atom stereocenters. The second-order valence-electron chi connectivity index (χ2n) is 7.69. The molecule has 3 heteroatoms. The van der Waals surface area contributed by atoms with Gasteiger partial charge in [-0.25, -0.2) is 0 Å². The van der Waals surface area contributed by atoms with Crippen LogP contribution in [0, 0.1) is 6.92 Å². The van der Waals surface area contributed by atoms with E-state index in [9.17, 15) is 4.79 Å². The maximum absolute atomic E-state index is 12.3. The predicted octanol–water partition coefficient (Wildman–Crippen LogP) is 7.83. The van der Waals surface area contributed by atoms with Gasteiger partial charge in [-0.3, -0.25) is 4.79 Å². The Hall–Kier alpha value is -0.313. The zero-order valence-electron chi connectivity index (χ0n) is 17.5. The van der Waals surface area contributed by atoms with Crippen LogP contribution < -0.4 is 0 Å². The summed E-state index contributed by atoms with van der Waals surface area (Å²) in [4.78, 5) is 12.3. The van der Waals surface area contributed by atoms with E-state index in [1.165, 1.54) is 95.2 Å². The van der Waals surface area contributed by atoms with Crippen molar-refractivity contribution in [3.63, 3.8) is 0 Å². The third-order valence-electron chi connectivity index (χ3n) is 5.17. The molecule has 25 heavy (non-hydrogen) atoms. The standard InChI is InChI=1S/C22H45O2Si/c1-5-9-12-15-19-25(20-16-13-10-6-2,21-17-14-11-7-3)24-22(23)18-8-4/h4-21H2,1-3H3. The molecule has 0 aliphatic carbocycles. The molecule has 0 aliphatic rings.